The second-order valence-electron chi connectivity index (χ2n) is 7.41. The average molecular weight is 532 g/mol. The number of rotatable bonds is 6. The molecule has 0 saturated carbocycles. The number of hydrogen-bond acceptors (Lipinski definition) is 12. The van der Waals surface area contributed by atoms with E-state index in [4.69, 9.17) is 28.4 Å². The molecule has 176 valence electrons. The predicted molar refractivity (Wildman–Crippen MR) is 116 cm³/mol. The normalized spacial score (nSPS) is 30.5. The molecule has 0 aliphatic carbocycles. The Hall–Kier alpha value is -1.30. The smallest absolute Gasteiger partial charge is 0.539 e. The van der Waals surface area contributed by atoms with Gasteiger partial charge in [-0.1, -0.05) is 9.13 Å². The van der Waals surface area contributed by atoms with Gasteiger partial charge < -0.3 is 19.3 Å². The first kappa shape index (κ1) is 24.8. The van der Waals surface area contributed by atoms with Gasteiger partial charge in [0.2, 0.25) is 0 Å². The molecule has 0 aromatic heterocycles. The van der Waals surface area contributed by atoms with Gasteiger partial charge in [0.15, 0.2) is 0 Å². The second kappa shape index (κ2) is 9.75. The van der Waals surface area contributed by atoms with E-state index in [2.05, 4.69) is 25.3 Å². The van der Waals surface area contributed by atoms with Crippen LogP contribution in [-0.2, 0) is 28.1 Å². The third-order valence-corrected chi connectivity index (χ3v) is 7.05. The SMILES string of the molecule is O=[P+]([O-])C1(Oc2ccc(S)cc2)OCC2(CO1)COC(Oc1ccc(S)cc1)([P+](=O)[O-])OC2. The molecule has 2 aromatic rings. The standard InChI is InChI=1S/C19H18O10P2S2/c20-30(21)18(28-13-1-5-15(32)6-2-13)24-9-17(10-25-18)11-26-19(27-12-17,31(22)23)29-14-3-7-16(33)8-4-14/h1-8,32-33H,9-12H2. The minimum Gasteiger partial charge on any atom is -0.588 e. The topological polar surface area (TPSA) is 136 Å². The van der Waals surface area contributed by atoms with Gasteiger partial charge in [-0.05, 0) is 48.5 Å². The zero-order valence-corrected chi connectivity index (χ0v) is 20.4. The van der Waals surface area contributed by atoms with Crippen LogP contribution in [0.5, 0.6) is 11.5 Å². The monoisotopic (exact) mass is 532 g/mol. The van der Waals surface area contributed by atoms with Gasteiger partial charge in [0.25, 0.3) is 0 Å². The molecule has 2 unspecified atom stereocenters. The van der Waals surface area contributed by atoms with Crippen molar-refractivity contribution in [2.24, 2.45) is 5.41 Å². The lowest BCUT2D eigenvalue weighted by molar-refractivity contribution is -0.408. The van der Waals surface area contributed by atoms with Crippen molar-refractivity contribution in [2.75, 3.05) is 26.4 Å². The Bertz CT molecular complexity index is 931. The summed E-state index contributed by atoms with van der Waals surface area (Å²) in [5.41, 5.74) is -5.68. The third kappa shape index (κ3) is 5.36. The highest BCUT2D eigenvalue weighted by Crippen LogP contribution is 2.48. The van der Waals surface area contributed by atoms with E-state index < -0.39 is 32.9 Å². The molecule has 2 saturated heterocycles. The van der Waals surface area contributed by atoms with Gasteiger partial charge >= 0.3 is 27.5 Å². The Morgan fingerprint density at radius 2 is 0.970 bits per heavy atom. The van der Waals surface area contributed by atoms with Gasteiger partial charge in [0, 0.05) is 9.79 Å². The van der Waals surface area contributed by atoms with E-state index in [0.29, 0.717) is 9.79 Å². The molecule has 2 fully saturated rings. The first-order chi connectivity index (χ1) is 15.7. The van der Waals surface area contributed by atoms with E-state index in [1.54, 1.807) is 24.3 Å². The maximum Gasteiger partial charge on any atom is 0.539 e. The van der Waals surface area contributed by atoms with Crippen molar-refractivity contribution < 1.29 is 47.3 Å². The zero-order chi connectivity index (χ0) is 23.7. The summed E-state index contributed by atoms with van der Waals surface area (Å²) in [6.45, 7) is -0.829. The molecule has 0 N–H and O–H groups in total. The molecule has 2 aromatic carbocycles. The van der Waals surface area contributed by atoms with Gasteiger partial charge in [-0.15, -0.1) is 25.3 Å². The van der Waals surface area contributed by atoms with Crippen LogP contribution in [-0.4, -0.2) is 37.9 Å². The van der Waals surface area contributed by atoms with Crippen LogP contribution in [0, 0.1) is 5.41 Å². The molecular formula is C19H18O10P2S2. The summed E-state index contributed by atoms with van der Waals surface area (Å²) >= 11 is 8.33. The van der Waals surface area contributed by atoms with E-state index in [1.165, 1.54) is 24.3 Å². The van der Waals surface area contributed by atoms with Crippen LogP contribution in [0.15, 0.2) is 58.3 Å². The third-order valence-electron chi connectivity index (χ3n) is 4.86. The fraction of sp³-hybridized carbons (Fsp3) is 0.368. The number of thiol groups is 2. The van der Waals surface area contributed by atoms with Crippen molar-refractivity contribution in [1.29, 1.82) is 0 Å². The largest absolute Gasteiger partial charge is 0.588 e. The summed E-state index contributed by atoms with van der Waals surface area (Å²) in [5.74, 6) is 0.393. The van der Waals surface area contributed by atoms with Crippen LogP contribution in [0.1, 0.15) is 0 Å². The Morgan fingerprint density at radius 1 is 0.667 bits per heavy atom. The Labute approximate surface area is 201 Å². The molecule has 14 heteroatoms. The van der Waals surface area contributed by atoms with E-state index in [-0.39, 0.29) is 37.9 Å². The molecule has 0 amide bonds. The van der Waals surface area contributed by atoms with E-state index in [9.17, 15) is 18.9 Å². The van der Waals surface area contributed by atoms with E-state index >= 15 is 0 Å². The predicted octanol–water partition coefficient (Wildman–Crippen LogP) is 2.23. The maximum absolute atomic E-state index is 11.9. The van der Waals surface area contributed by atoms with Crippen molar-refractivity contribution in [1.82, 2.24) is 0 Å². The average Bonchev–Trinajstić information content (AvgIpc) is 2.80. The lowest BCUT2D eigenvalue weighted by atomic mass is 9.91. The summed E-state index contributed by atoms with van der Waals surface area (Å²) in [4.78, 5) is 25.2. The van der Waals surface area contributed by atoms with Crippen LogP contribution < -0.4 is 19.3 Å². The molecule has 1 spiro atoms. The molecule has 33 heavy (non-hydrogen) atoms. The molecule has 0 radical (unpaired) electrons. The van der Waals surface area contributed by atoms with E-state index in [0.717, 1.165) is 0 Å². The van der Waals surface area contributed by atoms with Gasteiger partial charge in [0.1, 0.15) is 11.5 Å². The summed E-state index contributed by atoms with van der Waals surface area (Å²) < 4.78 is 56.8. The van der Waals surface area contributed by atoms with Gasteiger partial charge in [-0.2, -0.15) is 0 Å². The van der Waals surface area contributed by atoms with Crippen LogP contribution in [0.3, 0.4) is 0 Å². The molecule has 4 rings (SSSR count). The fourth-order valence-corrected chi connectivity index (χ4v) is 4.38. The van der Waals surface area contributed by atoms with Crippen LogP contribution in [0.2, 0.25) is 0 Å². The van der Waals surface area contributed by atoms with Crippen LogP contribution in [0.4, 0.5) is 0 Å². The highest BCUT2D eigenvalue weighted by atomic mass is 32.1. The van der Waals surface area contributed by atoms with Gasteiger partial charge in [0.05, 0.1) is 31.8 Å². The van der Waals surface area contributed by atoms with Crippen molar-refractivity contribution >= 4 is 41.3 Å². The second-order valence-corrected chi connectivity index (χ2v) is 10.6. The summed E-state index contributed by atoms with van der Waals surface area (Å²) in [6, 6.07) is 12.5. The van der Waals surface area contributed by atoms with E-state index in [1.807, 2.05) is 0 Å². The number of ether oxygens (including phenoxy) is 6. The Kier molecular flexibility index (Phi) is 7.33. The Morgan fingerprint density at radius 3 is 1.24 bits per heavy atom. The van der Waals surface area contributed by atoms with Gasteiger partial charge in [-0.3, -0.25) is 18.9 Å². The molecule has 0 bridgehead atoms. The molecular weight excluding hydrogens is 514 g/mol. The molecule has 2 heterocycles. The Balaban J connectivity index is 1.44. The fourth-order valence-electron chi connectivity index (χ4n) is 3.04. The van der Waals surface area contributed by atoms with Crippen molar-refractivity contribution in [3.8, 4) is 11.5 Å². The van der Waals surface area contributed by atoms with Crippen molar-refractivity contribution in [3.05, 3.63) is 48.5 Å². The van der Waals surface area contributed by atoms with Crippen molar-refractivity contribution in [3.63, 3.8) is 0 Å². The molecule has 10 nitrogen and oxygen atoms in total. The summed E-state index contributed by atoms with van der Waals surface area (Å²) in [5, 5.41) is 0. The minimum atomic E-state index is -3.33. The minimum absolute atomic E-state index is 0.196. The van der Waals surface area contributed by atoms with Gasteiger partial charge in [-0.25, -0.2) is 0 Å². The highest BCUT2D eigenvalue weighted by Gasteiger charge is 2.63. The number of hydrogen-bond donors (Lipinski definition) is 2. The lowest BCUT2D eigenvalue weighted by Gasteiger charge is -2.44. The first-order valence-electron chi connectivity index (χ1n) is 9.47. The molecule has 2 aliphatic rings. The van der Waals surface area contributed by atoms with Crippen LogP contribution in [0.25, 0.3) is 0 Å². The summed E-state index contributed by atoms with van der Waals surface area (Å²) in [7, 11) is -6.66. The molecule has 2 aliphatic heterocycles. The number of benzene rings is 2. The quantitative estimate of drug-likeness (QED) is 0.421. The maximum atomic E-state index is 11.9. The highest BCUT2D eigenvalue weighted by molar-refractivity contribution is 7.80. The van der Waals surface area contributed by atoms with Crippen molar-refractivity contribution in [2.45, 2.75) is 21.2 Å². The van der Waals surface area contributed by atoms with Crippen LogP contribution >= 0.6 is 41.3 Å². The summed E-state index contributed by atoms with van der Waals surface area (Å²) in [6.07, 6.45) is 0. The zero-order valence-electron chi connectivity index (χ0n) is 16.8. The lowest BCUT2D eigenvalue weighted by Crippen LogP contribution is -2.60. The molecule has 2 atom stereocenters. The first-order valence-corrected chi connectivity index (χ1v) is 12.7.